The highest BCUT2D eigenvalue weighted by atomic mass is 16.5. The molecule has 0 bridgehead atoms. The number of anilines is 1. The van der Waals surface area contributed by atoms with Crippen molar-refractivity contribution in [1.82, 2.24) is 20.0 Å². The fraction of sp³-hybridized carbons (Fsp3) is 0.263. The number of carbonyl (C=O) groups excluding carboxylic acids is 1. The molecule has 26 heavy (non-hydrogen) atoms. The Morgan fingerprint density at radius 3 is 2.35 bits per heavy atom. The number of nitrogens with one attached hydrogen (secondary N) is 1. The Kier molecular flexibility index (Phi) is 4.97. The molecule has 0 aliphatic rings. The molecule has 7 nitrogen and oxygen atoms in total. The molecule has 2 aromatic heterocycles. The fourth-order valence-corrected chi connectivity index (χ4v) is 2.35. The molecule has 2 heterocycles. The number of aryl methyl sites for hydroxylation is 2. The smallest absolute Gasteiger partial charge is 0.238 e. The van der Waals surface area contributed by atoms with E-state index < -0.39 is 0 Å². The van der Waals surface area contributed by atoms with Crippen LogP contribution in [0.4, 0.5) is 5.69 Å². The van der Waals surface area contributed by atoms with Crippen LogP contribution >= 0.6 is 0 Å². The fourth-order valence-electron chi connectivity index (χ4n) is 2.35. The van der Waals surface area contributed by atoms with Crippen LogP contribution in [0.1, 0.15) is 25.2 Å². The molecule has 1 aromatic carbocycles. The van der Waals surface area contributed by atoms with Crippen LogP contribution in [0.2, 0.25) is 0 Å². The predicted molar refractivity (Wildman–Crippen MR) is 98.6 cm³/mol. The van der Waals surface area contributed by atoms with E-state index in [0.29, 0.717) is 17.4 Å². The van der Waals surface area contributed by atoms with Gasteiger partial charge in [0, 0.05) is 23.4 Å². The Morgan fingerprint density at radius 1 is 1.08 bits per heavy atom. The Balaban J connectivity index is 1.67. The van der Waals surface area contributed by atoms with E-state index in [-0.39, 0.29) is 11.8 Å². The topological polar surface area (TPSA) is 81.9 Å². The lowest BCUT2D eigenvalue weighted by Gasteiger charge is -2.09. The Labute approximate surface area is 152 Å². The molecule has 0 radical (unpaired) electrons. The summed E-state index contributed by atoms with van der Waals surface area (Å²) in [7, 11) is 0. The first-order chi connectivity index (χ1) is 12.4. The second-order valence-electron chi connectivity index (χ2n) is 6.34. The zero-order valence-electron chi connectivity index (χ0n) is 15.2. The zero-order valence-corrected chi connectivity index (χ0v) is 15.2. The molecule has 1 N–H and O–H groups in total. The van der Waals surface area contributed by atoms with E-state index in [4.69, 9.17) is 4.74 Å². The quantitative estimate of drug-likeness (QED) is 0.758. The number of carbonyl (C=O) groups is 1. The lowest BCUT2D eigenvalue weighted by molar-refractivity contribution is -0.118. The van der Waals surface area contributed by atoms with Crippen molar-refractivity contribution in [3.05, 3.63) is 53.9 Å². The minimum Gasteiger partial charge on any atom is -0.438 e. The standard InChI is InChI=1S/C19H21N5O2/c1-12(2)19(25)20-15-5-7-16(8-6-15)26-18-10-9-17(21-22-18)24-14(4)11-13(3)23-24/h5-12H,1-4H3,(H,20,25). The zero-order chi connectivity index (χ0) is 18.7. The average molecular weight is 351 g/mol. The maximum absolute atomic E-state index is 11.7. The van der Waals surface area contributed by atoms with Crippen molar-refractivity contribution < 1.29 is 9.53 Å². The van der Waals surface area contributed by atoms with Gasteiger partial charge in [0.1, 0.15) is 5.75 Å². The summed E-state index contributed by atoms with van der Waals surface area (Å²) in [6, 6.07) is 12.6. The maximum Gasteiger partial charge on any atom is 0.238 e. The van der Waals surface area contributed by atoms with Crippen molar-refractivity contribution in [2.45, 2.75) is 27.7 Å². The van der Waals surface area contributed by atoms with Crippen LogP contribution in [-0.2, 0) is 4.79 Å². The molecule has 0 atom stereocenters. The lowest BCUT2D eigenvalue weighted by Crippen LogP contribution is -2.17. The number of amides is 1. The number of ether oxygens (including phenoxy) is 1. The molecule has 134 valence electrons. The maximum atomic E-state index is 11.7. The molecule has 3 rings (SSSR count). The van der Waals surface area contributed by atoms with Gasteiger partial charge in [0.2, 0.25) is 11.8 Å². The predicted octanol–water partition coefficient (Wildman–Crippen LogP) is 3.67. The second kappa shape index (κ2) is 7.35. The second-order valence-corrected chi connectivity index (χ2v) is 6.34. The Morgan fingerprint density at radius 2 is 1.81 bits per heavy atom. The Bertz CT molecular complexity index is 899. The van der Waals surface area contributed by atoms with Crippen molar-refractivity contribution in [3.8, 4) is 17.4 Å². The summed E-state index contributed by atoms with van der Waals surface area (Å²) >= 11 is 0. The summed E-state index contributed by atoms with van der Waals surface area (Å²) in [5.74, 6) is 1.54. The monoisotopic (exact) mass is 351 g/mol. The molecule has 3 aromatic rings. The first kappa shape index (κ1) is 17.6. The van der Waals surface area contributed by atoms with Crippen molar-refractivity contribution in [1.29, 1.82) is 0 Å². The molecule has 0 aliphatic heterocycles. The van der Waals surface area contributed by atoms with E-state index >= 15 is 0 Å². The molecule has 0 spiro atoms. The summed E-state index contributed by atoms with van der Waals surface area (Å²) in [6.07, 6.45) is 0. The first-order valence-corrected chi connectivity index (χ1v) is 8.38. The summed E-state index contributed by atoms with van der Waals surface area (Å²) in [4.78, 5) is 11.7. The summed E-state index contributed by atoms with van der Waals surface area (Å²) in [5.41, 5.74) is 2.64. The molecule has 0 fully saturated rings. The van der Waals surface area contributed by atoms with Gasteiger partial charge in [0.05, 0.1) is 5.69 Å². The highest BCUT2D eigenvalue weighted by molar-refractivity contribution is 5.92. The summed E-state index contributed by atoms with van der Waals surface area (Å²) in [5, 5.41) is 15.5. The molecular weight excluding hydrogens is 330 g/mol. The van der Waals surface area contributed by atoms with Crippen molar-refractivity contribution in [2.75, 3.05) is 5.32 Å². The van der Waals surface area contributed by atoms with E-state index in [1.165, 1.54) is 0 Å². The third kappa shape index (κ3) is 4.05. The largest absolute Gasteiger partial charge is 0.438 e. The SMILES string of the molecule is Cc1cc(C)n(-c2ccc(Oc3ccc(NC(=O)C(C)C)cc3)nn2)n1. The van der Waals surface area contributed by atoms with E-state index in [1.807, 2.05) is 33.8 Å². The van der Waals surface area contributed by atoms with Crippen LogP contribution in [0.25, 0.3) is 5.82 Å². The Hall–Kier alpha value is -3.22. The van der Waals surface area contributed by atoms with Gasteiger partial charge in [-0.3, -0.25) is 4.79 Å². The van der Waals surface area contributed by atoms with Gasteiger partial charge in [-0.2, -0.15) is 5.10 Å². The minimum atomic E-state index is -0.0677. The molecular formula is C19H21N5O2. The third-order valence-electron chi connectivity index (χ3n) is 3.72. The van der Waals surface area contributed by atoms with Gasteiger partial charge >= 0.3 is 0 Å². The third-order valence-corrected chi connectivity index (χ3v) is 3.72. The average Bonchev–Trinajstić information content (AvgIpc) is 2.95. The van der Waals surface area contributed by atoms with Crippen LogP contribution in [0.15, 0.2) is 42.5 Å². The van der Waals surface area contributed by atoms with E-state index in [0.717, 1.165) is 17.1 Å². The van der Waals surface area contributed by atoms with Crippen LogP contribution in [-0.4, -0.2) is 25.9 Å². The van der Waals surface area contributed by atoms with Crippen molar-refractivity contribution >= 4 is 11.6 Å². The highest BCUT2D eigenvalue weighted by Crippen LogP contribution is 2.22. The first-order valence-electron chi connectivity index (χ1n) is 8.38. The van der Waals surface area contributed by atoms with Crippen molar-refractivity contribution in [2.24, 2.45) is 5.92 Å². The van der Waals surface area contributed by atoms with Gasteiger partial charge in [-0.25, -0.2) is 4.68 Å². The lowest BCUT2D eigenvalue weighted by atomic mass is 10.2. The molecule has 0 aliphatic carbocycles. The van der Waals surface area contributed by atoms with Gasteiger partial charge in [-0.15, -0.1) is 10.2 Å². The van der Waals surface area contributed by atoms with Gasteiger partial charge in [0.25, 0.3) is 0 Å². The van der Waals surface area contributed by atoms with E-state index in [9.17, 15) is 4.79 Å². The van der Waals surface area contributed by atoms with Gasteiger partial charge in [-0.05, 0) is 50.2 Å². The molecule has 1 amide bonds. The highest BCUT2D eigenvalue weighted by Gasteiger charge is 2.08. The molecule has 0 unspecified atom stereocenters. The van der Waals surface area contributed by atoms with Crippen LogP contribution in [0.3, 0.4) is 0 Å². The molecule has 0 saturated carbocycles. The number of benzene rings is 1. The van der Waals surface area contributed by atoms with Crippen LogP contribution in [0.5, 0.6) is 11.6 Å². The summed E-state index contributed by atoms with van der Waals surface area (Å²) in [6.45, 7) is 7.59. The van der Waals surface area contributed by atoms with Gasteiger partial charge < -0.3 is 10.1 Å². The number of hydrogen-bond acceptors (Lipinski definition) is 5. The minimum absolute atomic E-state index is 0.0238. The molecule has 7 heteroatoms. The van der Waals surface area contributed by atoms with Gasteiger partial charge in [0.15, 0.2) is 5.82 Å². The molecule has 0 saturated heterocycles. The van der Waals surface area contributed by atoms with E-state index in [2.05, 4.69) is 20.6 Å². The summed E-state index contributed by atoms with van der Waals surface area (Å²) < 4.78 is 7.43. The van der Waals surface area contributed by atoms with Crippen LogP contribution < -0.4 is 10.1 Å². The normalized spacial score (nSPS) is 10.8. The van der Waals surface area contributed by atoms with Crippen molar-refractivity contribution in [3.63, 3.8) is 0 Å². The number of rotatable bonds is 5. The number of aromatic nitrogens is 4. The van der Waals surface area contributed by atoms with Crippen LogP contribution in [0, 0.1) is 19.8 Å². The van der Waals surface area contributed by atoms with Gasteiger partial charge in [-0.1, -0.05) is 13.8 Å². The number of hydrogen-bond donors (Lipinski definition) is 1. The van der Waals surface area contributed by atoms with E-state index in [1.54, 1.807) is 41.1 Å². The number of nitrogens with zero attached hydrogens (tertiary/aromatic N) is 4.